The van der Waals surface area contributed by atoms with Crippen molar-refractivity contribution in [2.75, 3.05) is 0 Å². The minimum atomic E-state index is 0.724. The minimum Gasteiger partial charge on any atom is -0.309 e. The Morgan fingerprint density at radius 3 is 1.83 bits per heavy atom. The van der Waals surface area contributed by atoms with Crippen molar-refractivity contribution in [3.8, 4) is 28.3 Å². The highest BCUT2D eigenvalue weighted by atomic mass is 15.0. The molecule has 0 unspecified atom stereocenters. The van der Waals surface area contributed by atoms with Crippen LogP contribution in [-0.2, 0) is 0 Å². The van der Waals surface area contributed by atoms with E-state index in [1.807, 2.05) is 6.07 Å². The third-order valence-electron chi connectivity index (χ3n) is 11.1. The molecule has 0 amide bonds. The smallest absolute Gasteiger partial charge is 0.161 e. The Labute approximate surface area is 297 Å². The lowest BCUT2D eigenvalue weighted by molar-refractivity contribution is 1.19. The van der Waals surface area contributed by atoms with E-state index in [1.165, 1.54) is 59.9 Å². The summed E-state index contributed by atoms with van der Waals surface area (Å²) >= 11 is 0. The van der Waals surface area contributed by atoms with Crippen LogP contribution in [0.15, 0.2) is 170 Å². The molecule has 4 aromatic heterocycles. The number of hydrogen-bond donors (Lipinski definition) is 0. The summed E-state index contributed by atoms with van der Waals surface area (Å²) in [7, 11) is 0. The summed E-state index contributed by atoms with van der Waals surface area (Å²) in [5.41, 5.74) is 11.2. The third-order valence-corrected chi connectivity index (χ3v) is 11.1. The van der Waals surface area contributed by atoms with E-state index in [2.05, 4.69) is 173 Å². The Hall–Kier alpha value is -7.04. The van der Waals surface area contributed by atoms with Crippen molar-refractivity contribution < 1.29 is 0 Å². The molecule has 0 N–H and O–H groups in total. The van der Waals surface area contributed by atoms with Gasteiger partial charge in [-0.1, -0.05) is 127 Å². The highest BCUT2D eigenvalue weighted by Gasteiger charge is 2.23. The van der Waals surface area contributed by atoms with Gasteiger partial charge >= 0.3 is 0 Å². The Morgan fingerprint density at radius 2 is 0.962 bits per heavy atom. The van der Waals surface area contributed by atoms with E-state index in [0.29, 0.717) is 0 Å². The maximum atomic E-state index is 5.26. The minimum absolute atomic E-state index is 0.724. The van der Waals surface area contributed by atoms with Gasteiger partial charge in [-0.25, -0.2) is 9.97 Å². The van der Waals surface area contributed by atoms with Gasteiger partial charge < -0.3 is 8.97 Å². The molecule has 0 atom stereocenters. The Kier molecular flexibility index (Phi) is 5.47. The molecule has 0 aliphatic carbocycles. The van der Waals surface area contributed by atoms with Crippen molar-refractivity contribution in [1.29, 1.82) is 0 Å². The molecule has 0 bridgehead atoms. The van der Waals surface area contributed by atoms with Crippen LogP contribution in [0.2, 0.25) is 0 Å². The summed E-state index contributed by atoms with van der Waals surface area (Å²) in [4.78, 5) is 10.4. The monoisotopic (exact) mass is 660 g/mol. The number of fused-ring (bicyclic) bond motifs is 7. The number of benzene rings is 8. The molecule has 0 spiro atoms. The van der Waals surface area contributed by atoms with Crippen molar-refractivity contribution in [2.24, 2.45) is 0 Å². The molecule has 4 nitrogen and oxygen atoms in total. The number of nitrogens with zero attached hydrogens (tertiary/aromatic N) is 4. The summed E-state index contributed by atoms with van der Waals surface area (Å²) in [6, 6.07) is 61.1. The molecule has 240 valence electrons. The van der Waals surface area contributed by atoms with Gasteiger partial charge in [-0.3, -0.25) is 0 Å². The molecular formula is C48H28N4. The van der Waals surface area contributed by atoms with E-state index >= 15 is 0 Å². The Balaban J connectivity index is 1.19. The van der Waals surface area contributed by atoms with Gasteiger partial charge in [0.1, 0.15) is 0 Å². The number of rotatable bonds is 3. The molecule has 0 aliphatic rings. The summed E-state index contributed by atoms with van der Waals surface area (Å²) in [5, 5.41) is 11.0. The molecule has 8 aromatic carbocycles. The molecule has 0 saturated carbocycles. The summed E-state index contributed by atoms with van der Waals surface area (Å²) < 4.78 is 4.96. The first-order valence-electron chi connectivity index (χ1n) is 17.8. The fraction of sp³-hybridized carbons (Fsp3) is 0. The maximum Gasteiger partial charge on any atom is 0.161 e. The second-order valence-electron chi connectivity index (χ2n) is 13.7. The fourth-order valence-electron chi connectivity index (χ4n) is 8.93. The second kappa shape index (κ2) is 10.3. The average molecular weight is 661 g/mol. The largest absolute Gasteiger partial charge is 0.309 e. The van der Waals surface area contributed by atoms with Gasteiger partial charge in [0.2, 0.25) is 0 Å². The van der Waals surface area contributed by atoms with Crippen molar-refractivity contribution >= 4 is 81.6 Å². The second-order valence-corrected chi connectivity index (χ2v) is 13.7. The van der Waals surface area contributed by atoms with E-state index < -0.39 is 0 Å². The van der Waals surface area contributed by atoms with E-state index in [1.54, 1.807) is 0 Å². The highest BCUT2D eigenvalue weighted by Crippen LogP contribution is 2.45. The molecule has 0 saturated heterocycles. The third kappa shape index (κ3) is 3.60. The topological polar surface area (TPSA) is 35.1 Å². The van der Waals surface area contributed by atoms with Crippen LogP contribution in [0.5, 0.6) is 0 Å². The predicted octanol–water partition coefficient (Wildman–Crippen LogP) is 12.4. The summed E-state index contributed by atoms with van der Waals surface area (Å²) in [5.74, 6) is 0.724. The Bertz CT molecular complexity index is 3410. The predicted molar refractivity (Wildman–Crippen MR) is 217 cm³/mol. The van der Waals surface area contributed by atoms with Crippen LogP contribution in [0.25, 0.3) is 110 Å². The van der Waals surface area contributed by atoms with Crippen molar-refractivity contribution in [2.45, 2.75) is 0 Å². The lowest BCUT2D eigenvalue weighted by Crippen LogP contribution is -1.99. The van der Waals surface area contributed by atoms with Crippen LogP contribution in [0.3, 0.4) is 0 Å². The zero-order chi connectivity index (χ0) is 33.9. The maximum absolute atomic E-state index is 5.26. The summed E-state index contributed by atoms with van der Waals surface area (Å²) in [6.45, 7) is 0. The SMILES string of the molecule is c1ccc(-c2nc(-c3ccc(-n4c5cccc6c7cccc8c9ccccc9n(c9cccc4c9c65)c78)c4ccccc34)nc3ccccc23)cc1. The van der Waals surface area contributed by atoms with E-state index in [0.717, 1.165) is 50.0 Å². The molecule has 52 heavy (non-hydrogen) atoms. The molecule has 0 radical (unpaired) electrons. The first kappa shape index (κ1) is 27.7. The van der Waals surface area contributed by atoms with E-state index in [4.69, 9.17) is 9.97 Å². The quantitative estimate of drug-likeness (QED) is 0.189. The molecule has 4 heterocycles. The van der Waals surface area contributed by atoms with Crippen LogP contribution in [0.1, 0.15) is 0 Å². The van der Waals surface area contributed by atoms with Crippen molar-refractivity contribution in [1.82, 2.24) is 18.9 Å². The standard InChI is InChI=1S/C48H28N4/c1-2-13-29(14-3-1)46-37-18-6-8-22-38(37)49-48(50-46)36-27-28-40(31-16-5-4-15-30(31)36)51-41-24-11-19-33-35-21-10-20-34-32-17-7-9-23-39(32)52(47(34)35)43-26-12-25-42(51)45(43)44(33)41/h1-28H. The van der Waals surface area contributed by atoms with Gasteiger partial charge in [0.15, 0.2) is 5.82 Å². The van der Waals surface area contributed by atoms with Crippen molar-refractivity contribution in [3.63, 3.8) is 0 Å². The van der Waals surface area contributed by atoms with Crippen LogP contribution in [-0.4, -0.2) is 18.9 Å². The Morgan fingerprint density at radius 1 is 0.365 bits per heavy atom. The average Bonchev–Trinajstić information content (AvgIpc) is 3.69. The fourth-order valence-corrected chi connectivity index (χ4v) is 8.93. The molecule has 0 aliphatic heterocycles. The molecule has 12 aromatic rings. The van der Waals surface area contributed by atoms with Crippen LogP contribution in [0, 0.1) is 0 Å². The first-order chi connectivity index (χ1) is 25.8. The van der Waals surface area contributed by atoms with Crippen LogP contribution >= 0.6 is 0 Å². The molecule has 12 rings (SSSR count). The number of hydrogen-bond acceptors (Lipinski definition) is 2. The zero-order valence-corrected chi connectivity index (χ0v) is 28.0. The lowest BCUT2D eigenvalue weighted by Gasteiger charge is -2.15. The highest BCUT2D eigenvalue weighted by molar-refractivity contribution is 6.31. The molecule has 4 heteroatoms. The van der Waals surface area contributed by atoms with Gasteiger partial charge in [0.05, 0.1) is 44.5 Å². The van der Waals surface area contributed by atoms with Gasteiger partial charge in [-0.2, -0.15) is 0 Å². The first-order valence-corrected chi connectivity index (χ1v) is 17.8. The van der Waals surface area contributed by atoms with Crippen LogP contribution in [0.4, 0.5) is 0 Å². The molecular weight excluding hydrogens is 633 g/mol. The van der Waals surface area contributed by atoms with Gasteiger partial charge in [-0.15, -0.1) is 0 Å². The van der Waals surface area contributed by atoms with Gasteiger partial charge in [0.25, 0.3) is 0 Å². The summed E-state index contributed by atoms with van der Waals surface area (Å²) in [6.07, 6.45) is 0. The number of para-hydroxylation sites is 3. The van der Waals surface area contributed by atoms with Gasteiger partial charge in [-0.05, 0) is 53.2 Å². The lowest BCUT2D eigenvalue weighted by atomic mass is 10.0. The number of aromatic nitrogens is 4. The normalized spacial score (nSPS) is 12.2. The molecule has 0 fully saturated rings. The van der Waals surface area contributed by atoms with Gasteiger partial charge in [0, 0.05) is 48.8 Å². The van der Waals surface area contributed by atoms with E-state index in [9.17, 15) is 0 Å². The van der Waals surface area contributed by atoms with Crippen LogP contribution < -0.4 is 0 Å². The zero-order valence-electron chi connectivity index (χ0n) is 28.0. The van der Waals surface area contributed by atoms with Crippen molar-refractivity contribution in [3.05, 3.63) is 170 Å². The van der Waals surface area contributed by atoms with E-state index in [-0.39, 0.29) is 0 Å².